The average molecular weight is 450 g/mol. The van der Waals surface area contributed by atoms with Crippen LogP contribution in [0.5, 0.6) is 11.5 Å². The number of carbonyl (C=O) groups excluding carboxylic acids is 1. The van der Waals surface area contributed by atoms with E-state index < -0.39 is 0 Å². The number of para-hydroxylation sites is 2. The molecule has 0 saturated carbocycles. The fourth-order valence-electron chi connectivity index (χ4n) is 3.22. The van der Waals surface area contributed by atoms with E-state index in [1.54, 1.807) is 18.2 Å². The van der Waals surface area contributed by atoms with Crippen LogP contribution in [-0.4, -0.2) is 22.7 Å². The number of ether oxygens (including phenoxy) is 2. The third kappa shape index (κ3) is 4.65. The Morgan fingerprint density at radius 2 is 1.81 bits per heavy atom. The normalized spacial score (nSPS) is 10.7. The van der Waals surface area contributed by atoms with Gasteiger partial charge in [0.2, 0.25) is 0 Å². The van der Waals surface area contributed by atoms with Gasteiger partial charge in [-0.3, -0.25) is 10.1 Å². The van der Waals surface area contributed by atoms with Gasteiger partial charge in [-0.1, -0.05) is 29.4 Å². The lowest BCUT2D eigenvalue weighted by atomic mass is 10.1. The predicted molar refractivity (Wildman–Crippen MR) is 123 cm³/mol. The second-order valence-electron chi connectivity index (χ2n) is 7.01. The van der Waals surface area contributed by atoms with Crippen LogP contribution in [-0.2, 0) is 6.61 Å². The summed E-state index contributed by atoms with van der Waals surface area (Å²) in [5.41, 5.74) is 3.70. The number of nitrogens with one attached hydrogen (secondary N) is 1. The van der Waals surface area contributed by atoms with E-state index in [2.05, 4.69) is 15.5 Å². The summed E-state index contributed by atoms with van der Waals surface area (Å²) >= 11 is 1.36. The van der Waals surface area contributed by atoms with Crippen LogP contribution in [0.3, 0.4) is 0 Å². The van der Waals surface area contributed by atoms with Gasteiger partial charge in [0.25, 0.3) is 5.91 Å². The number of aromatic nitrogens is 2. The summed E-state index contributed by atoms with van der Waals surface area (Å²) in [6, 6.07) is 14.8. The van der Waals surface area contributed by atoms with Crippen LogP contribution in [0.15, 0.2) is 58.4 Å². The van der Waals surface area contributed by atoms with E-state index in [-0.39, 0.29) is 12.5 Å². The van der Waals surface area contributed by atoms with Crippen molar-refractivity contribution in [3.05, 3.63) is 76.5 Å². The minimum atomic E-state index is -0.293. The summed E-state index contributed by atoms with van der Waals surface area (Å²) in [7, 11) is 0. The number of carbonyl (C=O) groups is 1. The number of thiazole rings is 1. The van der Waals surface area contributed by atoms with Crippen molar-refractivity contribution in [2.45, 2.75) is 27.4 Å². The minimum absolute atomic E-state index is 0.265. The quantitative estimate of drug-likeness (QED) is 0.374. The van der Waals surface area contributed by atoms with Crippen LogP contribution >= 0.6 is 11.3 Å². The van der Waals surface area contributed by atoms with Gasteiger partial charge in [-0.05, 0) is 45.0 Å². The lowest BCUT2D eigenvalue weighted by Gasteiger charge is -2.11. The molecule has 1 amide bonds. The van der Waals surface area contributed by atoms with Gasteiger partial charge in [-0.15, -0.1) is 11.3 Å². The number of benzene rings is 2. The summed E-state index contributed by atoms with van der Waals surface area (Å²) in [6.45, 7) is 6.46. The smallest absolute Gasteiger partial charge is 0.261 e. The molecule has 0 bridgehead atoms. The highest BCUT2D eigenvalue weighted by Gasteiger charge is 2.17. The zero-order valence-corrected chi connectivity index (χ0v) is 18.9. The zero-order chi connectivity index (χ0) is 22.5. The predicted octanol–water partition coefficient (Wildman–Crippen LogP) is 5.64. The summed E-state index contributed by atoms with van der Waals surface area (Å²) < 4.78 is 16.8. The number of hydrogen-bond donors (Lipinski definition) is 1. The molecule has 4 aromatic rings. The first kappa shape index (κ1) is 21.6. The molecule has 0 aliphatic rings. The third-order valence-electron chi connectivity index (χ3n) is 4.87. The number of amides is 1. The standard InChI is InChI=1S/C24H23N3O4S/c1-4-29-21-11-7-5-9-17(21)20-14-32-24(25-20)26-23(28)18-10-6-8-12-22(18)30-13-19-15(2)27-31-16(19)3/h5-12,14H,4,13H2,1-3H3,(H,25,26,28). The van der Waals surface area contributed by atoms with Crippen LogP contribution in [0.2, 0.25) is 0 Å². The van der Waals surface area contributed by atoms with Crippen molar-refractivity contribution in [1.82, 2.24) is 10.1 Å². The number of hydrogen-bond acceptors (Lipinski definition) is 7. The zero-order valence-electron chi connectivity index (χ0n) is 18.0. The molecule has 1 N–H and O–H groups in total. The van der Waals surface area contributed by atoms with Gasteiger partial charge in [0, 0.05) is 10.9 Å². The Morgan fingerprint density at radius 3 is 2.56 bits per heavy atom. The molecule has 164 valence electrons. The lowest BCUT2D eigenvalue weighted by molar-refractivity contribution is 0.102. The van der Waals surface area contributed by atoms with Crippen molar-refractivity contribution in [2.75, 3.05) is 11.9 Å². The Bertz CT molecular complexity index is 1210. The number of anilines is 1. The highest BCUT2D eigenvalue weighted by molar-refractivity contribution is 7.14. The maximum absolute atomic E-state index is 13.0. The molecule has 0 aliphatic carbocycles. The van der Waals surface area contributed by atoms with Crippen LogP contribution in [0.4, 0.5) is 5.13 Å². The van der Waals surface area contributed by atoms with Crippen LogP contribution in [0.25, 0.3) is 11.3 Å². The maximum Gasteiger partial charge on any atom is 0.261 e. The molecule has 4 rings (SSSR count). The van der Waals surface area contributed by atoms with E-state index in [0.29, 0.717) is 28.8 Å². The highest BCUT2D eigenvalue weighted by Crippen LogP contribution is 2.32. The van der Waals surface area contributed by atoms with E-state index >= 15 is 0 Å². The second kappa shape index (κ2) is 9.65. The fourth-order valence-corrected chi connectivity index (χ4v) is 3.92. The molecule has 2 heterocycles. The van der Waals surface area contributed by atoms with E-state index in [9.17, 15) is 4.79 Å². The molecular weight excluding hydrogens is 426 g/mol. The molecule has 7 nitrogen and oxygen atoms in total. The monoisotopic (exact) mass is 449 g/mol. The molecule has 0 radical (unpaired) electrons. The molecule has 8 heteroatoms. The number of rotatable bonds is 8. The van der Waals surface area contributed by atoms with E-state index in [4.69, 9.17) is 14.0 Å². The molecule has 0 unspecified atom stereocenters. The van der Waals surface area contributed by atoms with Gasteiger partial charge in [0.1, 0.15) is 23.9 Å². The van der Waals surface area contributed by atoms with Crippen molar-refractivity contribution in [1.29, 1.82) is 0 Å². The van der Waals surface area contributed by atoms with Crippen LogP contribution < -0.4 is 14.8 Å². The first-order valence-electron chi connectivity index (χ1n) is 10.2. The minimum Gasteiger partial charge on any atom is -0.493 e. The van der Waals surface area contributed by atoms with Gasteiger partial charge >= 0.3 is 0 Å². The van der Waals surface area contributed by atoms with Gasteiger partial charge < -0.3 is 14.0 Å². The Labute approximate surface area is 190 Å². The molecule has 32 heavy (non-hydrogen) atoms. The molecule has 0 aliphatic heterocycles. The van der Waals surface area contributed by atoms with Crippen molar-refractivity contribution in [3.63, 3.8) is 0 Å². The summed E-state index contributed by atoms with van der Waals surface area (Å²) in [5, 5.41) is 9.20. The Kier molecular flexibility index (Phi) is 6.51. The largest absolute Gasteiger partial charge is 0.493 e. The Hall–Kier alpha value is -3.65. The second-order valence-corrected chi connectivity index (χ2v) is 7.87. The van der Waals surface area contributed by atoms with Crippen LogP contribution in [0.1, 0.15) is 34.3 Å². The van der Waals surface area contributed by atoms with E-state index in [0.717, 1.165) is 28.3 Å². The van der Waals surface area contributed by atoms with E-state index in [1.807, 2.05) is 56.5 Å². The summed E-state index contributed by atoms with van der Waals surface area (Å²) in [5.74, 6) is 1.64. The number of aryl methyl sites for hydroxylation is 2. The summed E-state index contributed by atoms with van der Waals surface area (Å²) in [4.78, 5) is 17.5. The van der Waals surface area contributed by atoms with Crippen molar-refractivity contribution < 1.29 is 18.8 Å². The first-order chi connectivity index (χ1) is 15.6. The molecule has 0 fully saturated rings. The van der Waals surface area contributed by atoms with Crippen molar-refractivity contribution in [3.8, 4) is 22.8 Å². The van der Waals surface area contributed by atoms with Gasteiger partial charge in [-0.2, -0.15) is 0 Å². The fraction of sp³-hybridized carbons (Fsp3) is 0.208. The molecule has 2 aromatic carbocycles. The maximum atomic E-state index is 13.0. The van der Waals surface area contributed by atoms with Gasteiger partial charge in [0.05, 0.1) is 29.1 Å². The van der Waals surface area contributed by atoms with E-state index in [1.165, 1.54) is 11.3 Å². The molecule has 0 atom stereocenters. The average Bonchev–Trinajstić information content (AvgIpc) is 3.39. The molecular formula is C24H23N3O4S. The van der Waals surface area contributed by atoms with Crippen molar-refractivity contribution in [2.24, 2.45) is 0 Å². The molecule has 0 saturated heterocycles. The lowest BCUT2D eigenvalue weighted by Crippen LogP contribution is -2.13. The van der Waals surface area contributed by atoms with Gasteiger partial charge in [0.15, 0.2) is 5.13 Å². The molecule has 2 aromatic heterocycles. The molecule has 0 spiro atoms. The van der Waals surface area contributed by atoms with Crippen molar-refractivity contribution >= 4 is 22.4 Å². The third-order valence-corrected chi connectivity index (χ3v) is 5.63. The Morgan fingerprint density at radius 1 is 1.06 bits per heavy atom. The first-order valence-corrected chi connectivity index (χ1v) is 11.1. The van der Waals surface area contributed by atoms with Crippen LogP contribution in [0, 0.1) is 13.8 Å². The Balaban J connectivity index is 1.50. The highest BCUT2D eigenvalue weighted by atomic mass is 32.1. The SMILES string of the molecule is CCOc1ccccc1-c1csc(NC(=O)c2ccccc2OCc2c(C)noc2C)n1. The van der Waals surface area contributed by atoms with Gasteiger partial charge in [-0.25, -0.2) is 4.98 Å². The number of nitrogens with zero attached hydrogens (tertiary/aromatic N) is 2. The summed E-state index contributed by atoms with van der Waals surface area (Å²) in [6.07, 6.45) is 0. The topological polar surface area (TPSA) is 86.5 Å².